The van der Waals surface area contributed by atoms with Gasteiger partial charge in [0, 0.05) is 0 Å². The van der Waals surface area contributed by atoms with Gasteiger partial charge in [0.05, 0.1) is 23.4 Å². The molecule has 0 aliphatic heterocycles. The number of carbonyl (C=O) groups is 1. The number of nitrogens with zero attached hydrogens (tertiary/aromatic N) is 2. The predicted molar refractivity (Wildman–Crippen MR) is 130 cm³/mol. The van der Waals surface area contributed by atoms with Crippen LogP contribution < -0.4 is 14.5 Å². The van der Waals surface area contributed by atoms with Gasteiger partial charge in [0.1, 0.15) is 12.3 Å². The lowest BCUT2D eigenvalue weighted by Gasteiger charge is -2.25. The normalized spacial score (nSPS) is 11.3. The molecule has 0 atom stereocenters. The van der Waals surface area contributed by atoms with Gasteiger partial charge in [-0.2, -0.15) is 5.10 Å². The molecule has 0 saturated carbocycles. The van der Waals surface area contributed by atoms with E-state index in [9.17, 15) is 13.2 Å². The number of hydrogen-bond acceptors (Lipinski definition) is 5. The number of benzene rings is 3. The molecule has 3 rings (SSSR count). The molecule has 1 N–H and O–H groups in total. The van der Waals surface area contributed by atoms with Crippen molar-refractivity contribution in [1.29, 1.82) is 0 Å². The maximum Gasteiger partial charge on any atom is 0.264 e. The van der Waals surface area contributed by atoms with Crippen molar-refractivity contribution in [3.05, 3.63) is 90.0 Å². The van der Waals surface area contributed by atoms with Gasteiger partial charge >= 0.3 is 0 Å². The fourth-order valence-corrected chi connectivity index (χ4v) is 4.58. The van der Waals surface area contributed by atoms with Gasteiger partial charge in [-0.1, -0.05) is 43.3 Å². The van der Waals surface area contributed by atoms with Crippen molar-refractivity contribution in [3.63, 3.8) is 0 Å². The van der Waals surface area contributed by atoms with E-state index in [1.54, 1.807) is 43.3 Å². The van der Waals surface area contributed by atoms with E-state index in [2.05, 4.69) is 10.5 Å². The van der Waals surface area contributed by atoms with Crippen molar-refractivity contribution in [2.45, 2.75) is 25.2 Å². The Labute approximate surface area is 194 Å². The number of para-hydroxylation sites is 1. The first-order valence-corrected chi connectivity index (χ1v) is 12.0. The number of anilines is 1. The van der Waals surface area contributed by atoms with Crippen molar-refractivity contribution in [2.75, 3.05) is 17.5 Å². The summed E-state index contributed by atoms with van der Waals surface area (Å²) in [6.07, 6.45) is 2.42. The van der Waals surface area contributed by atoms with Gasteiger partial charge in [-0.3, -0.25) is 9.10 Å². The van der Waals surface area contributed by atoms with Gasteiger partial charge in [-0.25, -0.2) is 13.8 Å². The highest BCUT2D eigenvalue weighted by atomic mass is 32.2. The SMILES string of the molecule is CCCOc1ccc(/C=N\NC(=O)CN(c2ccccc2C)S(=O)(=O)c2ccccc2)cc1. The lowest BCUT2D eigenvalue weighted by atomic mass is 10.2. The number of ether oxygens (including phenoxy) is 1. The molecule has 0 aliphatic rings. The lowest BCUT2D eigenvalue weighted by molar-refractivity contribution is -0.119. The van der Waals surface area contributed by atoms with E-state index in [1.165, 1.54) is 18.3 Å². The van der Waals surface area contributed by atoms with Crippen LogP contribution in [-0.4, -0.2) is 33.7 Å². The van der Waals surface area contributed by atoms with Crippen LogP contribution >= 0.6 is 0 Å². The Balaban J connectivity index is 1.74. The Kier molecular flexibility index (Phi) is 8.21. The third-order valence-electron chi connectivity index (χ3n) is 4.76. The zero-order valence-corrected chi connectivity index (χ0v) is 19.5. The quantitative estimate of drug-likeness (QED) is 0.360. The van der Waals surface area contributed by atoms with E-state index in [4.69, 9.17) is 4.74 Å². The highest BCUT2D eigenvalue weighted by Gasteiger charge is 2.27. The standard InChI is InChI=1S/C25H27N3O4S/c1-3-17-32-22-15-13-21(14-16-22)18-26-27-25(29)19-28(24-12-8-7-9-20(24)2)33(30,31)23-10-5-4-6-11-23/h4-16,18H,3,17,19H2,1-2H3,(H,27,29)/b26-18-. The van der Waals surface area contributed by atoms with Crippen LogP contribution in [0, 0.1) is 6.92 Å². The first-order valence-electron chi connectivity index (χ1n) is 10.6. The van der Waals surface area contributed by atoms with Crippen LogP contribution in [0.1, 0.15) is 24.5 Å². The van der Waals surface area contributed by atoms with Crippen molar-refractivity contribution in [3.8, 4) is 5.75 Å². The molecule has 0 spiro atoms. The molecular weight excluding hydrogens is 438 g/mol. The minimum absolute atomic E-state index is 0.106. The molecule has 3 aromatic carbocycles. The monoisotopic (exact) mass is 465 g/mol. The van der Waals surface area contributed by atoms with Gasteiger partial charge in [0.25, 0.3) is 15.9 Å². The van der Waals surface area contributed by atoms with Gasteiger partial charge in [-0.15, -0.1) is 0 Å². The van der Waals surface area contributed by atoms with Crippen LogP contribution in [0.3, 0.4) is 0 Å². The molecule has 0 radical (unpaired) electrons. The fourth-order valence-electron chi connectivity index (χ4n) is 3.08. The minimum Gasteiger partial charge on any atom is -0.494 e. The first-order chi connectivity index (χ1) is 15.9. The lowest BCUT2D eigenvalue weighted by Crippen LogP contribution is -2.40. The van der Waals surface area contributed by atoms with Gasteiger partial charge in [0.15, 0.2) is 0 Å². The Morgan fingerprint density at radius 3 is 2.33 bits per heavy atom. The molecule has 0 heterocycles. The van der Waals surface area contributed by atoms with Crippen LogP contribution in [0.25, 0.3) is 0 Å². The summed E-state index contributed by atoms with van der Waals surface area (Å²) in [6.45, 7) is 4.07. The van der Waals surface area contributed by atoms with E-state index >= 15 is 0 Å². The smallest absolute Gasteiger partial charge is 0.264 e. The van der Waals surface area contributed by atoms with Gasteiger partial charge < -0.3 is 4.74 Å². The van der Waals surface area contributed by atoms with Crippen molar-refractivity contribution >= 4 is 27.8 Å². The highest BCUT2D eigenvalue weighted by molar-refractivity contribution is 7.92. The molecule has 0 bridgehead atoms. The summed E-state index contributed by atoms with van der Waals surface area (Å²) < 4.78 is 33.3. The zero-order chi connectivity index (χ0) is 23.7. The Bertz CT molecular complexity index is 1190. The maximum atomic E-state index is 13.3. The summed E-state index contributed by atoms with van der Waals surface area (Å²) in [5, 5.41) is 3.97. The van der Waals surface area contributed by atoms with E-state index in [0.29, 0.717) is 12.3 Å². The summed E-state index contributed by atoms with van der Waals surface area (Å²) in [5.74, 6) is 0.204. The number of sulfonamides is 1. The average Bonchev–Trinajstić information content (AvgIpc) is 2.83. The summed E-state index contributed by atoms with van der Waals surface area (Å²) in [5.41, 5.74) is 4.36. The number of amides is 1. The third kappa shape index (κ3) is 6.43. The number of rotatable bonds is 10. The van der Waals surface area contributed by atoms with Crippen molar-refractivity contribution in [2.24, 2.45) is 5.10 Å². The van der Waals surface area contributed by atoms with Crippen LogP contribution in [0.2, 0.25) is 0 Å². The first kappa shape index (κ1) is 24.0. The molecule has 0 aliphatic carbocycles. The molecule has 172 valence electrons. The second-order valence-electron chi connectivity index (χ2n) is 7.32. The molecular formula is C25H27N3O4S. The zero-order valence-electron chi connectivity index (χ0n) is 18.6. The van der Waals surface area contributed by atoms with Gasteiger partial charge in [0.2, 0.25) is 0 Å². The Morgan fingerprint density at radius 2 is 1.67 bits per heavy atom. The largest absolute Gasteiger partial charge is 0.494 e. The summed E-state index contributed by atoms with van der Waals surface area (Å²) in [7, 11) is -3.95. The third-order valence-corrected chi connectivity index (χ3v) is 6.53. The van der Waals surface area contributed by atoms with Gasteiger partial charge in [-0.05, 0) is 66.9 Å². The summed E-state index contributed by atoms with van der Waals surface area (Å²) in [6, 6.07) is 22.3. The van der Waals surface area contributed by atoms with Crippen molar-refractivity contribution < 1.29 is 17.9 Å². The maximum absolute atomic E-state index is 13.3. The fraction of sp³-hybridized carbons (Fsp3) is 0.200. The molecule has 0 unspecified atom stereocenters. The van der Waals surface area contributed by atoms with E-state index < -0.39 is 22.5 Å². The highest BCUT2D eigenvalue weighted by Crippen LogP contribution is 2.26. The number of aryl methyl sites for hydroxylation is 1. The second-order valence-corrected chi connectivity index (χ2v) is 9.18. The van der Waals surface area contributed by atoms with Crippen molar-refractivity contribution in [1.82, 2.24) is 5.43 Å². The molecule has 1 amide bonds. The minimum atomic E-state index is -3.95. The number of hydrogen-bond donors (Lipinski definition) is 1. The van der Waals surface area contributed by atoms with Crippen LogP contribution in [-0.2, 0) is 14.8 Å². The van der Waals surface area contributed by atoms with Crippen LogP contribution in [0.5, 0.6) is 5.75 Å². The number of hydrazone groups is 1. The predicted octanol–water partition coefficient (Wildman–Crippen LogP) is 4.13. The topological polar surface area (TPSA) is 88.1 Å². The molecule has 0 fully saturated rings. The second kappa shape index (κ2) is 11.3. The molecule has 8 heteroatoms. The van der Waals surface area contributed by atoms with E-state index in [0.717, 1.165) is 27.6 Å². The summed E-state index contributed by atoms with van der Waals surface area (Å²) in [4.78, 5) is 12.7. The summed E-state index contributed by atoms with van der Waals surface area (Å²) >= 11 is 0. The van der Waals surface area contributed by atoms with E-state index in [-0.39, 0.29) is 4.90 Å². The van der Waals surface area contributed by atoms with Crippen LogP contribution in [0.4, 0.5) is 5.69 Å². The molecule has 3 aromatic rings. The average molecular weight is 466 g/mol. The number of carbonyl (C=O) groups excluding carboxylic acids is 1. The Morgan fingerprint density at radius 1 is 1.00 bits per heavy atom. The molecule has 7 nitrogen and oxygen atoms in total. The van der Waals surface area contributed by atoms with Crippen LogP contribution in [0.15, 0.2) is 88.9 Å². The molecule has 0 saturated heterocycles. The molecule has 33 heavy (non-hydrogen) atoms. The number of nitrogens with one attached hydrogen (secondary N) is 1. The molecule has 0 aromatic heterocycles. The van der Waals surface area contributed by atoms with E-state index in [1.807, 2.05) is 37.3 Å². The Hall–Kier alpha value is -3.65.